The number of piperazine rings is 2. The van der Waals surface area contributed by atoms with Gasteiger partial charge in [-0.05, 0) is 122 Å². The fraction of sp³-hybridized carbons (Fsp3) is 0.473. The van der Waals surface area contributed by atoms with Gasteiger partial charge < -0.3 is 25.1 Å². The van der Waals surface area contributed by atoms with Crippen molar-refractivity contribution in [1.82, 2.24) is 24.3 Å². The first-order chi connectivity index (χ1) is 36.5. The van der Waals surface area contributed by atoms with Gasteiger partial charge in [-0.2, -0.15) is 13.2 Å². The zero-order valence-electron chi connectivity index (χ0n) is 43.7. The van der Waals surface area contributed by atoms with Crippen LogP contribution >= 0.6 is 23.4 Å². The largest absolute Gasteiger partial charge is 0.501 e. The SMILES string of the molecule is CN(CCCCCC(=O)N1CCN(CCC(CSc2ccccc2)Nc2ccc(S(=O)(=O)NC(=O)c3ccc(N4CCN(CC5=C(c6ccc(Cl)cc6)CCC(C)(C)C5)CC4)cc3)cc2S(=O)(=O)C(F)(F)F)CC1)C(=O)O. The number of rotatable bonds is 22. The van der Waals surface area contributed by atoms with Crippen molar-refractivity contribution in [2.24, 2.45) is 5.41 Å². The Morgan fingerprint density at radius 3 is 2.14 bits per heavy atom. The molecule has 4 aromatic carbocycles. The van der Waals surface area contributed by atoms with E-state index in [9.17, 15) is 44.4 Å². The van der Waals surface area contributed by atoms with Crippen LogP contribution in [-0.4, -0.2) is 156 Å². The van der Waals surface area contributed by atoms with Gasteiger partial charge in [-0.15, -0.1) is 11.8 Å². The summed E-state index contributed by atoms with van der Waals surface area (Å²) in [7, 11) is -9.54. The number of carbonyl (C=O) groups excluding carboxylic acids is 2. The summed E-state index contributed by atoms with van der Waals surface area (Å²) in [5.74, 6) is -0.749. The van der Waals surface area contributed by atoms with Crippen molar-refractivity contribution in [2.75, 3.05) is 95.0 Å². The molecule has 1 unspecified atom stereocenters. The molecule has 0 saturated carbocycles. The van der Waals surface area contributed by atoms with E-state index in [-0.39, 0.29) is 16.9 Å². The van der Waals surface area contributed by atoms with Gasteiger partial charge in [0, 0.05) is 118 Å². The third-order valence-electron chi connectivity index (χ3n) is 14.5. The van der Waals surface area contributed by atoms with Crippen LogP contribution in [0.3, 0.4) is 0 Å². The van der Waals surface area contributed by atoms with Crippen molar-refractivity contribution in [1.29, 1.82) is 0 Å². The third kappa shape index (κ3) is 16.4. The molecule has 2 aliphatic heterocycles. The van der Waals surface area contributed by atoms with E-state index in [0.29, 0.717) is 88.2 Å². The first-order valence-electron chi connectivity index (χ1n) is 25.9. The average Bonchev–Trinajstić information content (AvgIpc) is 3.40. The molecule has 22 heteroatoms. The number of amides is 3. The highest BCUT2D eigenvalue weighted by molar-refractivity contribution is 7.99. The molecule has 418 valence electrons. The lowest BCUT2D eigenvalue weighted by Crippen LogP contribution is -2.49. The molecule has 0 radical (unpaired) electrons. The molecule has 2 saturated heterocycles. The van der Waals surface area contributed by atoms with Crippen molar-refractivity contribution in [3.63, 3.8) is 0 Å². The van der Waals surface area contributed by atoms with Gasteiger partial charge in [-0.3, -0.25) is 19.4 Å². The Balaban J connectivity index is 0.978. The number of carboxylic acid groups (broad SMARTS) is 1. The van der Waals surface area contributed by atoms with Crippen LogP contribution in [0.2, 0.25) is 5.02 Å². The predicted molar refractivity (Wildman–Crippen MR) is 297 cm³/mol. The maximum Gasteiger partial charge on any atom is 0.501 e. The molecule has 3 amide bonds. The normalized spacial score (nSPS) is 17.2. The molecule has 0 spiro atoms. The van der Waals surface area contributed by atoms with Gasteiger partial charge in [0.05, 0.1) is 10.6 Å². The number of hydrogen-bond acceptors (Lipinski definition) is 12. The summed E-state index contributed by atoms with van der Waals surface area (Å²) in [6.45, 7) is 11.4. The van der Waals surface area contributed by atoms with Gasteiger partial charge in [0.15, 0.2) is 0 Å². The van der Waals surface area contributed by atoms with Crippen molar-refractivity contribution in [3.8, 4) is 0 Å². The number of nitrogens with one attached hydrogen (secondary N) is 2. The summed E-state index contributed by atoms with van der Waals surface area (Å²) in [5, 5.41) is 12.7. The maximum atomic E-state index is 14.4. The fourth-order valence-corrected chi connectivity index (χ4v) is 13.1. The second kappa shape index (κ2) is 26.1. The summed E-state index contributed by atoms with van der Waals surface area (Å²) in [6.07, 6.45) is 4.79. The Kier molecular flexibility index (Phi) is 20.1. The van der Waals surface area contributed by atoms with E-state index < -0.39 is 58.9 Å². The Bertz CT molecular complexity index is 2940. The van der Waals surface area contributed by atoms with E-state index >= 15 is 0 Å². The van der Waals surface area contributed by atoms with Crippen molar-refractivity contribution < 1.29 is 49.5 Å². The van der Waals surface area contributed by atoms with Crippen LogP contribution in [0.15, 0.2) is 117 Å². The van der Waals surface area contributed by atoms with E-state index in [1.165, 1.54) is 52.6 Å². The third-order valence-corrected chi connectivity index (χ3v) is 18.8. The molecule has 0 bridgehead atoms. The summed E-state index contributed by atoms with van der Waals surface area (Å²) >= 11 is 7.61. The second-order valence-electron chi connectivity index (χ2n) is 20.8. The topological polar surface area (TPSA) is 180 Å². The van der Waals surface area contributed by atoms with Crippen LogP contribution in [-0.2, 0) is 24.7 Å². The number of halogens is 4. The number of unbranched alkanes of at least 4 members (excludes halogenated alkanes) is 2. The Morgan fingerprint density at radius 2 is 1.49 bits per heavy atom. The molecule has 77 heavy (non-hydrogen) atoms. The molecule has 4 aromatic rings. The number of carbonyl (C=O) groups is 3. The monoisotopic (exact) mass is 1140 g/mol. The summed E-state index contributed by atoms with van der Waals surface area (Å²) in [6, 6.07) is 25.4. The maximum absolute atomic E-state index is 14.4. The zero-order chi connectivity index (χ0) is 55.5. The Morgan fingerprint density at radius 1 is 0.831 bits per heavy atom. The highest BCUT2D eigenvalue weighted by atomic mass is 35.5. The minimum Gasteiger partial charge on any atom is -0.465 e. The zero-order valence-corrected chi connectivity index (χ0v) is 46.9. The number of benzene rings is 4. The van der Waals surface area contributed by atoms with Crippen molar-refractivity contribution >= 4 is 78.1 Å². The molecule has 0 aromatic heterocycles. The van der Waals surface area contributed by atoms with Crippen molar-refractivity contribution in [2.45, 2.75) is 91.5 Å². The number of hydrogen-bond donors (Lipinski definition) is 3. The predicted octanol–water partition coefficient (Wildman–Crippen LogP) is 9.82. The molecule has 1 aliphatic carbocycles. The quantitative estimate of drug-likeness (QED) is 0.0501. The molecule has 2 heterocycles. The number of alkyl halides is 3. The van der Waals surface area contributed by atoms with Gasteiger partial charge in [0.1, 0.15) is 4.90 Å². The van der Waals surface area contributed by atoms with E-state index in [0.717, 1.165) is 74.7 Å². The highest BCUT2D eigenvalue weighted by Gasteiger charge is 2.48. The van der Waals surface area contributed by atoms with Gasteiger partial charge in [0.25, 0.3) is 25.8 Å². The van der Waals surface area contributed by atoms with Crippen LogP contribution in [0.1, 0.15) is 81.1 Å². The Labute approximate surface area is 460 Å². The highest BCUT2D eigenvalue weighted by Crippen LogP contribution is 2.43. The first-order valence-corrected chi connectivity index (χ1v) is 30.3. The lowest BCUT2D eigenvalue weighted by atomic mass is 9.73. The Hall–Kier alpha value is -5.32. The molecular weight excluding hydrogens is 1080 g/mol. The standard InChI is InChI=1S/C55H69ClF3N7O8S3/c1-54(2)25-23-48(40-13-17-43(56)18-14-40)42(37-54)38-64-30-32-65(33-31-64)45-19-15-41(16-20-45)52(68)61-77(73,74)47-21-22-49(50(36-47)76(71,72)55(57,58)59)60-44(39-75-46-10-6-4-7-11-46)24-27-63-28-34-66(35-29-63)51(67)12-8-5-9-26-62(3)53(69)70/h4,6-7,10-11,13-22,36,44,60H,5,8-9,12,23-35,37-39H2,1-3H3,(H,61,68)(H,69,70). The number of sulfonamides is 1. The lowest BCUT2D eigenvalue weighted by molar-refractivity contribution is -0.133. The number of anilines is 2. The van der Waals surface area contributed by atoms with Crippen LogP contribution < -0.4 is 14.9 Å². The van der Waals surface area contributed by atoms with Crippen LogP contribution in [0.5, 0.6) is 0 Å². The van der Waals surface area contributed by atoms with E-state index in [4.69, 9.17) is 16.7 Å². The van der Waals surface area contributed by atoms with Crippen LogP contribution in [0.4, 0.5) is 29.3 Å². The minimum absolute atomic E-state index is 0.00545. The van der Waals surface area contributed by atoms with Gasteiger partial charge >= 0.3 is 11.6 Å². The average molecular weight is 1140 g/mol. The summed E-state index contributed by atoms with van der Waals surface area (Å²) < 4.78 is 99.0. The first kappa shape index (κ1) is 59.3. The summed E-state index contributed by atoms with van der Waals surface area (Å²) in [4.78, 5) is 45.9. The molecular formula is C55H69ClF3N7O8S3. The second-order valence-corrected chi connectivity index (χ2v) is 25.9. The van der Waals surface area contributed by atoms with E-state index in [1.807, 2.05) is 47.2 Å². The molecule has 3 aliphatic rings. The van der Waals surface area contributed by atoms with Crippen LogP contribution in [0, 0.1) is 5.41 Å². The summed E-state index contributed by atoms with van der Waals surface area (Å²) in [5.41, 5.74) is -1.22. The van der Waals surface area contributed by atoms with Gasteiger partial charge in [0.2, 0.25) is 5.91 Å². The van der Waals surface area contributed by atoms with Crippen LogP contribution in [0.25, 0.3) is 5.57 Å². The molecule has 1 atom stereocenters. The van der Waals surface area contributed by atoms with E-state index in [2.05, 4.69) is 46.0 Å². The lowest BCUT2D eigenvalue weighted by Gasteiger charge is -2.39. The smallest absolute Gasteiger partial charge is 0.465 e. The molecule has 3 N–H and O–H groups in total. The number of thioether (sulfide) groups is 1. The number of nitrogens with zero attached hydrogens (tertiary/aromatic N) is 5. The van der Waals surface area contributed by atoms with Gasteiger partial charge in [-0.25, -0.2) is 26.4 Å². The van der Waals surface area contributed by atoms with Crippen molar-refractivity contribution in [3.05, 3.63) is 119 Å². The fourth-order valence-electron chi connectivity index (χ4n) is 9.94. The minimum atomic E-state index is -6.13. The molecule has 7 rings (SSSR count). The van der Waals surface area contributed by atoms with Gasteiger partial charge in [-0.1, -0.05) is 67.8 Å². The molecule has 15 nitrogen and oxygen atoms in total. The number of allylic oxidation sites excluding steroid dienone is 1. The van der Waals surface area contributed by atoms with E-state index in [1.54, 1.807) is 17.0 Å². The number of sulfone groups is 1. The molecule has 2 fully saturated rings.